The van der Waals surface area contributed by atoms with E-state index in [4.69, 9.17) is 10.5 Å². The first-order chi connectivity index (χ1) is 9.45. The van der Waals surface area contributed by atoms with Crippen molar-refractivity contribution >= 4 is 10.0 Å². The molecule has 1 fully saturated rings. The van der Waals surface area contributed by atoms with Crippen molar-refractivity contribution in [1.82, 2.24) is 4.31 Å². The maximum absolute atomic E-state index is 12.5. The topological polar surface area (TPSA) is 72.6 Å². The molecule has 0 aromatic heterocycles. The highest BCUT2D eigenvalue weighted by Crippen LogP contribution is 2.26. The molecular weight excluding hydrogens is 276 g/mol. The van der Waals surface area contributed by atoms with Gasteiger partial charge in [-0.1, -0.05) is 0 Å². The second-order valence-corrected chi connectivity index (χ2v) is 7.21. The molecule has 1 aromatic carbocycles. The fraction of sp³-hybridized carbons (Fsp3) is 0.571. The zero-order valence-corrected chi connectivity index (χ0v) is 12.8. The summed E-state index contributed by atoms with van der Waals surface area (Å²) in [5.74, 6) is 1.07. The second kappa shape index (κ2) is 6.11. The van der Waals surface area contributed by atoms with Crippen molar-refractivity contribution in [2.24, 2.45) is 11.7 Å². The molecule has 5 nitrogen and oxygen atoms in total. The average Bonchev–Trinajstić information content (AvgIpc) is 2.47. The summed E-state index contributed by atoms with van der Waals surface area (Å²) in [6.45, 7) is 3.07. The van der Waals surface area contributed by atoms with E-state index in [9.17, 15) is 8.42 Å². The van der Waals surface area contributed by atoms with E-state index < -0.39 is 10.0 Å². The lowest BCUT2D eigenvalue weighted by atomic mass is 9.92. The van der Waals surface area contributed by atoms with Crippen molar-refractivity contribution < 1.29 is 13.2 Å². The van der Waals surface area contributed by atoms with Gasteiger partial charge in [0.1, 0.15) is 5.75 Å². The molecule has 1 unspecified atom stereocenters. The highest BCUT2D eigenvalue weighted by Gasteiger charge is 2.30. The largest absolute Gasteiger partial charge is 0.497 e. The van der Waals surface area contributed by atoms with Crippen LogP contribution in [0.1, 0.15) is 19.8 Å². The molecule has 0 saturated carbocycles. The number of ether oxygens (including phenoxy) is 1. The molecule has 0 spiro atoms. The summed E-state index contributed by atoms with van der Waals surface area (Å²) in [5, 5.41) is 0. The average molecular weight is 298 g/mol. The standard InChI is InChI=1S/C14H22N2O3S/c1-11(15)12-7-9-16(10-8-12)20(17,18)14-5-3-13(19-2)4-6-14/h3-6,11-12H,7-10,15H2,1-2H3. The molecule has 6 heteroatoms. The molecule has 1 aliphatic heterocycles. The second-order valence-electron chi connectivity index (χ2n) is 5.28. The Bertz CT molecular complexity index is 532. The van der Waals surface area contributed by atoms with Crippen molar-refractivity contribution in [3.63, 3.8) is 0 Å². The molecule has 1 heterocycles. The summed E-state index contributed by atoms with van der Waals surface area (Å²) in [7, 11) is -1.84. The van der Waals surface area contributed by atoms with Gasteiger partial charge in [-0.3, -0.25) is 0 Å². The molecule has 1 atom stereocenters. The number of hydrogen-bond acceptors (Lipinski definition) is 4. The Balaban J connectivity index is 2.11. The minimum Gasteiger partial charge on any atom is -0.497 e. The van der Waals surface area contributed by atoms with Crippen molar-refractivity contribution in [3.05, 3.63) is 24.3 Å². The van der Waals surface area contributed by atoms with Crippen LogP contribution in [-0.2, 0) is 10.0 Å². The van der Waals surface area contributed by atoms with Crippen LogP contribution in [0.25, 0.3) is 0 Å². The number of nitrogens with zero attached hydrogens (tertiary/aromatic N) is 1. The fourth-order valence-corrected chi connectivity index (χ4v) is 4.01. The highest BCUT2D eigenvalue weighted by atomic mass is 32.2. The first-order valence-corrected chi connectivity index (χ1v) is 8.29. The van der Waals surface area contributed by atoms with Crippen LogP contribution in [0.4, 0.5) is 0 Å². The zero-order valence-electron chi connectivity index (χ0n) is 12.0. The monoisotopic (exact) mass is 298 g/mol. The van der Waals surface area contributed by atoms with Crippen molar-refractivity contribution in [3.8, 4) is 5.75 Å². The minimum atomic E-state index is -3.40. The van der Waals surface area contributed by atoms with Gasteiger partial charge in [0.2, 0.25) is 10.0 Å². The van der Waals surface area contributed by atoms with Gasteiger partial charge in [0.05, 0.1) is 12.0 Å². The van der Waals surface area contributed by atoms with E-state index in [0.29, 0.717) is 29.7 Å². The first-order valence-electron chi connectivity index (χ1n) is 6.85. The Hall–Kier alpha value is -1.11. The number of rotatable bonds is 4. The molecule has 1 aliphatic rings. The molecule has 1 saturated heterocycles. The summed E-state index contributed by atoms with van der Waals surface area (Å²) in [4.78, 5) is 0.317. The van der Waals surface area contributed by atoms with Crippen molar-refractivity contribution in [2.75, 3.05) is 20.2 Å². The van der Waals surface area contributed by atoms with Crippen LogP contribution in [0, 0.1) is 5.92 Å². The number of nitrogens with two attached hydrogens (primary N) is 1. The smallest absolute Gasteiger partial charge is 0.243 e. The number of piperidine rings is 1. The summed E-state index contributed by atoms with van der Waals surface area (Å²) in [5.41, 5.74) is 5.88. The Morgan fingerprint density at radius 2 is 1.80 bits per heavy atom. The quantitative estimate of drug-likeness (QED) is 0.913. The SMILES string of the molecule is COc1ccc(S(=O)(=O)N2CCC(C(C)N)CC2)cc1. The van der Waals surface area contributed by atoms with Crippen molar-refractivity contribution in [1.29, 1.82) is 0 Å². The molecule has 0 radical (unpaired) electrons. The van der Waals surface area contributed by atoms with Crippen LogP contribution in [-0.4, -0.2) is 39.0 Å². The number of hydrogen-bond donors (Lipinski definition) is 1. The van der Waals surface area contributed by atoms with E-state index in [1.165, 1.54) is 0 Å². The molecule has 2 rings (SSSR count). The van der Waals surface area contributed by atoms with Gasteiger partial charge in [0.25, 0.3) is 0 Å². The van der Waals surface area contributed by atoms with Crippen LogP contribution in [0.3, 0.4) is 0 Å². The number of methoxy groups -OCH3 is 1. The van der Waals surface area contributed by atoms with Crippen LogP contribution >= 0.6 is 0 Å². The summed E-state index contributed by atoms with van der Waals surface area (Å²) >= 11 is 0. The number of benzene rings is 1. The Labute approximate surface area is 120 Å². The third-order valence-corrected chi connectivity index (χ3v) is 5.85. The molecule has 2 N–H and O–H groups in total. The lowest BCUT2D eigenvalue weighted by molar-refractivity contribution is 0.250. The first kappa shape index (κ1) is 15.3. The van der Waals surface area contributed by atoms with E-state index in [1.807, 2.05) is 6.92 Å². The molecular formula is C14H22N2O3S. The molecule has 112 valence electrons. The van der Waals surface area contributed by atoms with Gasteiger partial charge in [-0.2, -0.15) is 4.31 Å². The van der Waals surface area contributed by atoms with E-state index in [1.54, 1.807) is 35.7 Å². The van der Waals surface area contributed by atoms with Crippen LogP contribution in [0.15, 0.2) is 29.2 Å². The van der Waals surface area contributed by atoms with Crippen LogP contribution in [0.2, 0.25) is 0 Å². The summed E-state index contributed by atoms with van der Waals surface area (Å²) in [6.07, 6.45) is 1.65. The third-order valence-electron chi connectivity index (χ3n) is 3.94. The minimum absolute atomic E-state index is 0.126. The van der Waals surface area contributed by atoms with Gasteiger partial charge < -0.3 is 10.5 Å². The Kier molecular flexibility index (Phi) is 4.67. The van der Waals surface area contributed by atoms with E-state index >= 15 is 0 Å². The summed E-state index contributed by atoms with van der Waals surface area (Å²) < 4.78 is 31.6. The van der Waals surface area contributed by atoms with Gasteiger partial charge in [0.15, 0.2) is 0 Å². The van der Waals surface area contributed by atoms with E-state index in [-0.39, 0.29) is 6.04 Å². The molecule has 0 amide bonds. The normalized spacial score (nSPS) is 19.8. The molecule has 0 aliphatic carbocycles. The van der Waals surface area contributed by atoms with Crippen LogP contribution < -0.4 is 10.5 Å². The predicted octanol–water partition coefficient (Wildman–Crippen LogP) is 1.44. The third kappa shape index (κ3) is 3.13. The lowest BCUT2D eigenvalue weighted by Gasteiger charge is -2.32. The van der Waals surface area contributed by atoms with Gasteiger partial charge in [-0.15, -0.1) is 0 Å². The molecule has 20 heavy (non-hydrogen) atoms. The molecule has 1 aromatic rings. The van der Waals surface area contributed by atoms with Gasteiger partial charge in [-0.05, 0) is 49.9 Å². The fourth-order valence-electron chi connectivity index (χ4n) is 2.54. The van der Waals surface area contributed by atoms with Gasteiger partial charge in [0, 0.05) is 19.1 Å². The van der Waals surface area contributed by atoms with E-state index in [0.717, 1.165) is 12.8 Å². The predicted molar refractivity (Wildman–Crippen MR) is 78.1 cm³/mol. The van der Waals surface area contributed by atoms with E-state index in [2.05, 4.69) is 0 Å². The number of sulfonamides is 1. The maximum atomic E-state index is 12.5. The lowest BCUT2D eigenvalue weighted by Crippen LogP contribution is -2.42. The summed E-state index contributed by atoms with van der Waals surface area (Å²) in [6, 6.07) is 6.64. The van der Waals surface area contributed by atoms with Crippen LogP contribution in [0.5, 0.6) is 5.75 Å². The highest BCUT2D eigenvalue weighted by molar-refractivity contribution is 7.89. The Morgan fingerprint density at radius 1 is 1.25 bits per heavy atom. The zero-order chi connectivity index (χ0) is 14.8. The maximum Gasteiger partial charge on any atom is 0.243 e. The van der Waals surface area contributed by atoms with Gasteiger partial charge >= 0.3 is 0 Å². The van der Waals surface area contributed by atoms with Crippen molar-refractivity contribution in [2.45, 2.75) is 30.7 Å². The van der Waals surface area contributed by atoms with Gasteiger partial charge in [-0.25, -0.2) is 8.42 Å². The molecule has 0 bridgehead atoms. The Morgan fingerprint density at radius 3 is 2.25 bits per heavy atom.